The fourth-order valence-corrected chi connectivity index (χ4v) is 2.38. The maximum absolute atomic E-state index is 10.9. The van der Waals surface area contributed by atoms with Crippen molar-refractivity contribution in [3.05, 3.63) is 0 Å². The van der Waals surface area contributed by atoms with Crippen LogP contribution in [0.5, 0.6) is 0 Å². The van der Waals surface area contributed by atoms with E-state index < -0.39 is 0 Å². The zero-order valence-corrected chi connectivity index (χ0v) is 9.67. The van der Waals surface area contributed by atoms with E-state index in [1.165, 1.54) is 23.1 Å². The molecule has 7 heteroatoms. The van der Waals surface area contributed by atoms with Crippen LogP contribution in [0.2, 0.25) is 0 Å². The molecule has 0 bridgehead atoms. The summed E-state index contributed by atoms with van der Waals surface area (Å²) in [4.78, 5) is 10.9. The Labute approximate surface area is 90.7 Å². The van der Waals surface area contributed by atoms with E-state index in [0.29, 0.717) is 5.75 Å². The van der Waals surface area contributed by atoms with Crippen molar-refractivity contribution in [3.8, 4) is 0 Å². The average molecular weight is 232 g/mol. The summed E-state index contributed by atoms with van der Waals surface area (Å²) < 4.78 is 0.810. The third-order valence-electron chi connectivity index (χ3n) is 1.34. The first-order valence-electron chi connectivity index (χ1n) is 4.17. The van der Waals surface area contributed by atoms with Crippen LogP contribution in [-0.2, 0) is 4.79 Å². The van der Waals surface area contributed by atoms with E-state index in [2.05, 4.69) is 20.8 Å². The highest BCUT2D eigenvalue weighted by molar-refractivity contribution is 8.01. The summed E-state index contributed by atoms with van der Waals surface area (Å²) in [6, 6.07) is 0. The van der Waals surface area contributed by atoms with Gasteiger partial charge in [0.05, 0.1) is 5.75 Å². The molecule has 1 aromatic heterocycles. The molecule has 0 fully saturated rings. The van der Waals surface area contributed by atoms with Gasteiger partial charge in [0.15, 0.2) is 4.34 Å². The predicted octanol–water partition coefficient (Wildman–Crippen LogP) is 0.808. The summed E-state index contributed by atoms with van der Waals surface area (Å²) in [6.45, 7) is 2.83. The van der Waals surface area contributed by atoms with Crippen LogP contribution >= 0.6 is 23.1 Å². The van der Waals surface area contributed by atoms with Crippen LogP contribution in [0.1, 0.15) is 6.92 Å². The first-order valence-corrected chi connectivity index (χ1v) is 5.97. The van der Waals surface area contributed by atoms with Gasteiger partial charge in [0.1, 0.15) is 0 Å². The third kappa shape index (κ3) is 3.51. The molecule has 0 radical (unpaired) electrons. The minimum atomic E-state index is -0.00444. The molecular formula is C7H12N4OS2. The van der Waals surface area contributed by atoms with Crippen molar-refractivity contribution in [2.24, 2.45) is 0 Å². The zero-order valence-electron chi connectivity index (χ0n) is 8.03. The van der Waals surface area contributed by atoms with Crippen molar-refractivity contribution < 1.29 is 4.79 Å². The van der Waals surface area contributed by atoms with Gasteiger partial charge in [0.25, 0.3) is 0 Å². The van der Waals surface area contributed by atoms with Gasteiger partial charge in [0, 0.05) is 13.6 Å². The second-order valence-electron chi connectivity index (χ2n) is 2.37. The van der Waals surface area contributed by atoms with E-state index >= 15 is 0 Å². The van der Waals surface area contributed by atoms with Crippen molar-refractivity contribution in [1.29, 1.82) is 0 Å². The van der Waals surface area contributed by atoms with Crippen LogP contribution < -0.4 is 10.6 Å². The molecule has 0 spiro atoms. The Morgan fingerprint density at radius 1 is 1.57 bits per heavy atom. The first-order chi connectivity index (χ1) is 6.76. The fourth-order valence-electron chi connectivity index (χ4n) is 0.690. The number of thioether (sulfide) groups is 1. The highest BCUT2D eigenvalue weighted by Crippen LogP contribution is 2.24. The Balaban J connectivity index is 2.39. The molecular weight excluding hydrogens is 220 g/mol. The molecule has 78 valence electrons. The molecule has 5 nitrogen and oxygen atoms in total. The zero-order chi connectivity index (χ0) is 10.4. The van der Waals surface area contributed by atoms with Crippen LogP contribution in [0.3, 0.4) is 0 Å². The lowest BCUT2D eigenvalue weighted by atomic mass is 10.7. The number of nitrogens with one attached hydrogen (secondary N) is 2. The van der Waals surface area contributed by atoms with Gasteiger partial charge in [-0.15, -0.1) is 10.2 Å². The summed E-state index contributed by atoms with van der Waals surface area (Å²) >= 11 is 2.85. The standard InChI is InChI=1S/C7H12N4OS2/c1-3-9-6-10-11-7(14-6)13-4-5(12)8-2/h3-4H2,1-2H3,(H,8,12)(H,9,10). The molecule has 0 aliphatic rings. The normalized spacial score (nSPS) is 9.86. The Hall–Kier alpha value is -0.820. The van der Waals surface area contributed by atoms with Gasteiger partial charge in [-0.1, -0.05) is 23.1 Å². The van der Waals surface area contributed by atoms with Gasteiger partial charge in [-0.2, -0.15) is 0 Å². The van der Waals surface area contributed by atoms with Gasteiger partial charge in [-0.3, -0.25) is 4.79 Å². The van der Waals surface area contributed by atoms with Crippen LogP contribution in [-0.4, -0.2) is 35.4 Å². The molecule has 0 aliphatic heterocycles. The molecule has 0 unspecified atom stereocenters. The highest BCUT2D eigenvalue weighted by Gasteiger charge is 2.05. The predicted molar refractivity (Wildman–Crippen MR) is 58.9 cm³/mol. The Morgan fingerprint density at radius 2 is 2.36 bits per heavy atom. The maximum Gasteiger partial charge on any atom is 0.230 e. The number of nitrogens with zero attached hydrogens (tertiary/aromatic N) is 2. The second-order valence-corrected chi connectivity index (χ2v) is 4.57. The van der Waals surface area contributed by atoms with Crippen molar-refractivity contribution in [3.63, 3.8) is 0 Å². The molecule has 2 N–H and O–H groups in total. The molecule has 0 atom stereocenters. The van der Waals surface area contributed by atoms with Crippen LogP contribution in [0.25, 0.3) is 0 Å². The van der Waals surface area contributed by atoms with Crippen molar-refractivity contribution in [1.82, 2.24) is 15.5 Å². The number of rotatable bonds is 5. The topological polar surface area (TPSA) is 66.9 Å². The van der Waals surface area contributed by atoms with E-state index in [4.69, 9.17) is 0 Å². The first kappa shape index (κ1) is 11.3. The van der Waals surface area contributed by atoms with E-state index in [1.54, 1.807) is 7.05 Å². The SMILES string of the molecule is CCNc1nnc(SCC(=O)NC)s1. The summed E-state index contributed by atoms with van der Waals surface area (Å²) in [6.07, 6.45) is 0. The lowest BCUT2D eigenvalue weighted by Gasteiger charge is -1.95. The van der Waals surface area contributed by atoms with E-state index in [0.717, 1.165) is 16.0 Å². The maximum atomic E-state index is 10.9. The van der Waals surface area contributed by atoms with Gasteiger partial charge < -0.3 is 10.6 Å². The Morgan fingerprint density at radius 3 is 3.00 bits per heavy atom. The van der Waals surface area contributed by atoms with Gasteiger partial charge in [0.2, 0.25) is 11.0 Å². The van der Waals surface area contributed by atoms with Gasteiger partial charge in [-0.05, 0) is 6.92 Å². The fraction of sp³-hybridized carbons (Fsp3) is 0.571. The molecule has 0 saturated carbocycles. The highest BCUT2D eigenvalue weighted by atomic mass is 32.2. The lowest BCUT2D eigenvalue weighted by molar-refractivity contribution is -0.118. The summed E-state index contributed by atoms with van der Waals surface area (Å²) in [5.74, 6) is 0.382. The lowest BCUT2D eigenvalue weighted by Crippen LogP contribution is -2.19. The molecule has 1 amide bonds. The Bertz CT molecular complexity index is 302. The Kier molecular flexibility index (Phi) is 4.68. The smallest absolute Gasteiger partial charge is 0.230 e. The molecule has 14 heavy (non-hydrogen) atoms. The molecule has 1 heterocycles. The molecule has 0 aromatic carbocycles. The number of hydrogen-bond acceptors (Lipinski definition) is 6. The van der Waals surface area contributed by atoms with Crippen LogP contribution in [0, 0.1) is 0 Å². The van der Waals surface area contributed by atoms with E-state index in [9.17, 15) is 4.79 Å². The summed E-state index contributed by atoms with van der Waals surface area (Å²) in [7, 11) is 1.62. The number of carbonyl (C=O) groups is 1. The van der Waals surface area contributed by atoms with Crippen LogP contribution in [0.4, 0.5) is 5.13 Å². The van der Waals surface area contributed by atoms with Crippen LogP contribution in [0.15, 0.2) is 4.34 Å². The second kappa shape index (κ2) is 5.82. The number of aromatic nitrogens is 2. The number of carbonyl (C=O) groups excluding carboxylic acids is 1. The number of anilines is 1. The average Bonchev–Trinajstić information content (AvgIpc) is 2.63. The molecule has 0 aliphatic carbocycles. The van der Waals surface area contributed by atoms with Crippen molar-refractivity contribution in [2.75, 3.05) is 24.7 Å². The number of hydrogen-bond donors (Lipinski definition) is 2. The largest absolute Gasteiger partial charge is 0.360 e. The quantitative estimate of drug-likeness (QED) is 0.735. The summed E-state index contributed by atoms with van der Waals surface area (Å²) in [5.41, 5.74) is 0. The molecule has 1 rings (SSSR count). The number of amides is 1. The van der Waals surface area contributed by atoms with Gasteiger partial charge >= 0.3 is 0 Å². The molecule has 0 saturated heterocycles. The third-order valence-corrected chi connectivity index (χ3v) is 3.35. The van der Waals surface area contributed by atoms with Crippen molar-refractivity contribution in [2.45, 2.75) is 11.3 Å². The van der Waals surface area contributed by atoms with E-state index in [1.807, 2.05) is 6.92 Å². The van der Waals surface area contributed by atoms with Crippen molar-refractivity contribution >= 4 is 34.1 Å². The van der Waals surface area contributed by atoms with E-state index in [-0.39, 0.29) is 5.91 Å². The minimum absolute atomic E-state index is 0.00444. The summed E-state index contributed by atoms with van der Waals surface area (Å²) in [5, 5.41) is 14.3. The molecule has 1 aromatic rings. The minimum Gasteiger partial charge on any atom is -0.360 e. The monoisotopic (exact) mass is 232 g/mol. The van der Waals surface area contributed by atoms with Gasteiger partial charge in [-0.25, -0.2) is 0 Å².